The van der Waals surface area contributed by atoms with Crippen LogP contribution in [0.2, 0.25) is 5.02 Å². The van der Waals surface area contributed by atoms with Crippen LogP contribution in [0, 0.1) is 5.82 Å². The molecule has 1 aliphatic carbocycles. The normalized spacial score (nSPS) is 16.5. The summed E-state index contributed by atoms with van der Waals surface area (Å²) < 4.78 is 13.3. The Morgan fingerprint density at radius 3 is 2.41 bits per heavy atom. The summed E-state index contributed by atoms with van der Waals surface area (Å²) in [6.45, 7) is 0. The van der Waals surface area contributed by atoms with Crippen molar-refractivity contribution >= 4 is 23.2 Å². The van der Waals surface area contributed by atoms with E-state index in [1.807, 2.05) is 24.3 Å². The molecule has 114 valence electrons. The van der Waals surface area contributed by atoms with Gasteiger partial charge in [0.25, 0.3) is 0 Å². The first-order chi connectivity index (χ1) is 10.6. The van der Waals surface area contributed by atoms with Crippen LogP contribution in [0.1, 0.15) is 31.2 Å². The monoisotopic (exact) mass is 317 g/mol. The summed E-state index contributed by atoms with van der Waals surface area (Å²) in [6.07, 6.45) is 3.63. The molecule has 0 bridgehead atoms. The molecular weight excluding hydrogens is 301 g/mol. The molecule has 1 saturated carbocycles. The Labute approximate surface area is 134 Å². The Balaban J connectivity index is 1.90. The summed E-state index contributed by atoms with van der Waals surface area (Å²) in [7, 11) is 0. The molecule has 0 atom stereocenters. The van der Waals surface area contributed by atoms with Gasteiger partial charge >= 0.3 is 0 Å². The van der Waals surface area contributed by atoms with Crippen molar-refractivity contribution < 1.29 is 9.18 Å². The zero-order valence-corrected chi connectivity index (χ0v) is 12.9. The number of rotatable bonds is 3. The van der Waals surface area contributed by atoms with E-state index in [4.69, 9.17) is 11.6 Å². The van der Waals surface area contributed by atoms with E-state index in [9.17, 15) is 9.18 Å². The largest absolute Gasteiger partial charge is 0.325 e. The number of halogens is 2. The first kappa shape index (κ1) is 15.0. The minimum absolute atomic E-state index is 0.0714. The standard InChI is InChI=1S/C18H17ClFNO/c19-14-8-6-13(7-9-14)18(10-1-2-11-18)17(22)21-16-5-3-4-15(20)12-16/h3-9,12H,1-2,10-11H2,(H,21,22). The first-order valence-corrected chi connectivity index (χ1v) is 7.81. The summed E-state index contributed by atoms with van der Waals surface area (Å²) in [5.41, 5.74) is 0.922. The Hall–Kier alpha value is -1.87. The van der Waals surface area contributed by atoms with E-state index in [-0.39, 0.29) is 11.7 Å². The molecule has 22 heavy (non-hydrogen) atoms. The highest BCUT2D eigenvalue weighted by atomic mass is 35.5. The zero-order valence-electron chi connectivity index (χ0n) is 12.1. The lowest BCUT2D eigenvalue weighted by molar-refractivity contribution is -0.121. The molecule has 2 aromatic rings. The van der Waals surface area contributed by atoms with Gasteiger partial charge in [-0.25, -0.2) is 4.39 Å². The quantitative estimate of drug-likeness (QED) is 0.854. The number of hydrogen-bond donors (Lipinski definition) is 1. The second kappa shape index (κ2) is 6.09. The van der Waals surface area contributed by atoms with Gasteiger partial charge in [0.05, 0.1) is 5.41 Å². The molecule has 0 saturated heterocycles. The third-order valence-corrected chi connectivity index (χ3v) is 4.62. The average Bonchev–Trinajstić information content (AvgIpc) is 2.99. The highest BCUT2D eigenvalue weighted by Gasteiger charge is 2.42. The van der Waals surface area contributed by atoms with Gasteiger partial charge in [0, 0.05) is 10.7 Å². The molecule has 0 spiro atoms. The minimum Gasteiger partial charge on any atom is -0.325 e. The molecule has 1 fully saturated rings. The fourth-order valence-corrected chi connectivity index (χ4v) is 3.34. The van der Waals surface area contributed by atoms with Crippen LogP contribution in [0.3, 0.4) is 0 Å². The van der Waals surface area contributed by atoms with E-state index in [0.717, 1.165) is 31.2 Å². The Morgan fingerprint density at radius 2 is 1.77 bits per heavy atom. The highest BCUT2D eigenvalue weighted by Crippen LogP contribution is 2.42. The summed E-state index contributed by atoms with van der Waals surface area (Å²) in [4.78, 5) is 12.9. The number of anilines is 1. The Kier molecular flexibility index (Phi) is 4.16. The van der Waals surface area contributed by atoms with Gasteiger partial charge < -0.3 is 5.32 Å². The smallest absolute Gasteiger partial charge is 0.235 e. The fourth-order valence-electron chi connectivity index (χ4n) is 3.21. The maximum Gasteiger partial charge on any atom is 0.235 e. The van der Waals surface area contributed by atoms with Gasteiger partial charge in [0.1, 0.15) is 5.82 Å². The molecule has 1 aliphatic rings. The van der Waals surface area contributed by atoms with Crippen molar-refractivity contribution in [1.29, 1.82) is 0 Å². The molecule has 0 radical (unpaired) electrons. The second-order valence-electron chi connectivity index (χ2n) is 5.76. The molecule has 0 aliphatic heterocycles. The molecule has 0 unspecified atom stereocenters. The van der Waals surface area contributed by atoms with Gasteiger partial charge in [-0.05, 0) is 48.7 Å². The van der Waals surface area contributed by atoms with E-state index in [0.29, 0.717) is 10.7 Å². The van der Waals surface area contributed by atoms with Crippen LogP contribution >= 0.6 is 11.6 Å². The number of benzene rings is 2. The van der Waals surface area contributed by atoms with Gasteiger partial charge in [0.2, 0.25) is 5.91 Å². The molecule has 0 aromatic heterocycles. The van der Waals surface area contributed by atoms with E-state index in [2.05, 4.69) is 5.32 Å². The number of hydrogen-bond acceptors (Lipinski definition) is 1. The van der Waals surface area contributed by atoms with Crippen LogP contribution in [-0.2, 0) is 10.2 Å². The molecule has 0 heterocycles. The van der Waals surface area contributed by atoms with Crippen molar-refractivity contribution in [3.05, 3.63) is 64.9 Å². The van der Waals surface area contributed by atoms with Crippen molar-refractivity contribution in [2.24, 2.45) is 0 Å². The molecule has 2 nitrogen and oxygen atoms in total. The van der Waals surface area contributed by atoms with Crippen molar-refractivity contribution in [3.8, 4) is 0 Å². The lowest BCUT2D eigenvalue weighted by Gasteiger charge is -2.28. The number of amides is 1. The number of carbonyl (C=O) groups is 1. The van der Waals surface area contributed by atoms with E-state index in [1.54, 1.807) is 12.1 Å². The highest BCUT2D eigenvalue weighted by molar-refractivity contribution is 6.30. The van der Waals surface area contributed by atoms with Crippen LogP contribution in [0.5, 0.6) is 0 Å². The predicted molar refractivity (Wildman–Crippen MR) is 86.6 cm³/mol. The number of carbonyl (C=O) groups excluding carboxylic acids is 1. The van der Waals surface area contributed by atoms with Gasteiger partial charge in [-0.1, -0.05) is 42.6 Å². The molecular formula is C18H17ClFNO. The van der Waals surface area contributed by atoms with Crippen molar-refractivity contribution in [2.45, 2.75) is 31.1 Å². The molecule has 1 amide bonds. The van der Waals surface area contributed by atoms with E-state index >= 15 is 0 Å². The van der Waals surface area contributed by atoms with Gasteiger partial charge in [-0.15, -0.1) is 0 Å². The Morgan fingerprint density at radius 1 is 1.09 bits per heavy atom. The Bertz CT molecular complexity index is 678. The minimum atomic E-state index is -0.545. The maximum absolute atomic E-state index is 13.3. The predicted octanol–water partition coefficient (Wildman–Crippen LogP) is 4.93. The molecule has 1 N–H and O–H groups in total. The van der Waals surface area contributed by atoms with Crippen LogP contribution < -0.4 is 5.32 Å². The van der Waals surface area contributed by atoms with Crippen molar-refractivity contribution in [2.75, 3.05) is 5.32 Å². The van der Waals surface area contributed by atoms with Gasteiger partial charge in [-0.2, -0.15) is 0 Å². The van der Waals surface area contributed by atoms with Crippen LogP contribution in [-0.4, -0.2) is 5.91 Å². The van der Waals surface area contributed by atoms with E-state index < -0.39 is 5.41 Å². The van der Waals surface area contributed by atoms with Crippen molar-refractivity contribution in [1.82, 2.24) is 0 Å². The third-order valence-electron chi connectivity index (χ3n) is 4.37. The van der Waals surface area contributed by atoms with E-state index in [1.165, 1.54) is 12.1 Å². The molecule has 3 rings (SSSR count). The zero-order chi connectivity index (χ0) is 15.6. The topological polar surface area (TPSA) is 29.1 Å². The van der Waals surface area contributed by atoms with Crippen LogP contribution in [0.15, 0.2) is 48.5 Å². The number of nitrogens with one attached hydrogen (secondary N) is 1. The third kappa shape index (κ3) is 2.86. The molecule has 4 heteroatoms. The summed E-state index contributed by atoms with van der Waals surface area (Å²) in [5, 5.41) is 3.52. The van der Waals surface area contributed by atoms with Gasteiger partial charge in [0.15, 0.2) is 0 Å². The van der Waals surface area contributed by atoms with Crippen LogP contribution in [0.25, 0.3) is 0 Å². The lowest BCUT2D eigenvalue weighted by atomic mass is 9.78. The fraction of sp³-hybridized carbons (Fsp3) is 0.278. The SMILES string of the molecule is O=C(Nc1cccc(F)c1)C1(c2ccc(Cl)cc2)CCCC1. The summed E-state index contributed by atoms with van der Waals surface area (Å²) in [5.74, 6) is -0.428. The lowest BCUT2D eigenvalue weighted by Crippen LogP contribution is -2.38. The summed E-state index contributed by atoms with van der Waals surface area (Å²) >= 11 is 5.95. The second-order valence-corrected chi connectivity index (χ2v) is 6.20. The summed E-state index contributed by atoms with van der Waals surface area (Å²) in [6, 6.07) is 13.4. The average molecular weight is 318 g/mol. The molecule has 2 aromatic carbocycles. The first-order valence-electron chi connectivity index (χ1n) is 7.43. The van der Waals surface area contributed by atoms with Crippen molar-refractivity contribution in [3.63, 3.8) is 0 Å². The van der Waals surface area contributed by atoms with Crippen LogP contribution in [0.4, 0.5) is 10.1 Å². The maximum atomic E-state index is 13.3. The van der Waals surface area contributed by atoms with Gasteiger partial charge in [-0.3, -0.25) is 4.79 Å².